The number of nitrogens with one attached hydrogen (secondary N) is 1. The van der Waals surface area contributed by atoms with Crippen LogP contribution in [-0.4, -0.2) is 63.2 Å². The summed E-state index contributed by atoms with van der Waals surface area (Å²) < 4.78 is 1.18. The molecule has 2 aliphatic heterocycles. The number of fused-ring (bicyclic) bond motifs is 2. The van der Waals surface area contributed by atoms with Crippen LogP contribution in [0.15, 0.2) is 42.9 Å². The van der Waals surface area contributed by atoms with Gasteiger partial charge in [0.2, 0.25) is 0 Å². The van der Waals surface area contributed by atoms with E-state index in [1.165, 1.54) is 41.8 Å². The molecule has 0 unspecified atom stereocenters. The minimum Gasteiger partial charge on any atom is -0.383 e. The van der Waals surface area contributed by atoms with Crippen LogP contribution >= 0.6 is 11.3 Å². The van der Waals surface area contributed by atoms with Gasteiger partial charge in [-0.3, -0.25) is 14.6 Å². The van der Waals surface area contributed by atoms with Crippen LogP contribution in [0.1, 0.15) is 55.1 Å². The molecule has 2 saturated heterocycles. The summed E-state index contributed by atoms with van der Waals surface area (Å²) in [5.74, 6) is -0.0302. The highest BCUT2D eigenvalue weighted by Crippen LogP contribution is 2.56. The first kappa shape index (κ1) is 25.3. The van der Waals surface area contributed by atoms with Gasteiger partial charge in [-0.15, -0.1) is 11.3 Å². The van der Waals surface area contributed by atoms with Gasteiger partial charge in [0, 0.05) is 48.7 Å². The Balaban J connectivity index is 1.11. The van der Waals surface area contributed by atoms with Crippen molar-refractivity contribution < 1.29 is 9.59 Å². The number of anilines is 2. The lowest BCUT2D eigenvalue weighted by Crippen LogP contribution is -2.59. The highest BCUT2D eigenvalue weighted by atomic mass is 32.1. The first-order valence-electron chi connectivity index (χ1n) is 14.0. The molecule has 0 radical (unpaired) electrons. The van der Waals surface area contributed by atoms with Gasteiger partial charge in [-0.05, 0) is 67.8 Å². The van der Waals surface area contributed by atoms with Gasteiger partial charge in [0.1, 0.15) is 5.82 Å². The van der Waals surface area contributed by atoms with Crippen molar-refractivity contribution >= 4 is 55.6 Å². The van der Waals surface area contributed by atoms with Crippen molar-refractivity contribution in [1.82, 2.24) is 24.8 Å². The number of likely N-dealkylation sites (tertiary alicyclic amines) is 2. The zero-order valence-corrected chi connectivity index (χ0v) is 23.6. The van der Waals surface area contributed by atoms with Gasteiger partial charge in [0.15, 0.2) is 0 Å². The Hall–Kier alpha value is -3.63. The van der Waals surface area contributed by atoms with E-state index in [0.29, 0.717) is 46.1 Å². The van der Waals surface area contributed by atoms with Gasteiger partial charge >= 0.3 is 11.8 Å². The molecule has 10 heteroatoms. The van der Waals surface area contributed by atoms with Gasteiger partial charge < -0.3 is 20.9 Å². The van der Waals surface area contributed by atoms with Crippen molar-refractivity contribution in [2.45, 2.75) is 44.6 Å². The fourth-order valence-electron chi connectivity index (χ4n) is 7.11. The maximum Gasteiger partial charge on any atom is 0.313 e. The number of amides is 2. The standard InChI is InChI=1S/C30H33N7O2S/c1-17-3-5-24(18-4-6-25-22(9-18)35-28(40-25)19-10-30(11-19)15-36(2)16-30)37(14-17)29(39)27(38)34-23-13-32-12-21-20(23)7-8-33-26(21)31/h4,6-9,12-13,17,19,24H,3,5,10-11,14-16H2,1-2H3,(H2,31,33)(H,34,38)/t17-,24+/m0/s1. The van der Waals surface area contributed by atoms with Crippen LogP contribution in [0.2, 0.25) is 0 Å². The van der Waals surface area contributed by atoms with Crippen molar-refractivity contribution in [2.75, 3.05) is 37.7 Å². The molecule has 3 aliphatic rings. The second-order valence-corrected chi connectivity index (χ2v) is 13.2. The predicted octanol–water partition coefficient (Wildman–Crippen LogP) is 4.57. The molecule has 5 heterocycles. The van der Waals surface area contributed by atoms with E-state index in [0.717, 1.165) is 23.9 Å². The number of carbonyl (C=O) groups is 2. The van der Waals surface area contributed by atoms with Crippen LogP contribution in [0.25, 0.3) is 21.0 Å². The maximum absolute atomic E-state index is 13.6. The fraction of sp³-hybridized carbons (Fsp3) is 0.433. The molecule has 40 heavy (non-hydrogen) atoms. The number of pyridine rings is 2. The molecule has 2 atom stereocenters. The van der Waals surface area contributed by atoms with Crippen LogP contribution < -0.4 is 11.1 Å². The Labute approximate surface area is 236 Å². The zero-order valence-electron chi connectivity index (χ0n) is 22.8. The number of piperidine rings is 1. The number of nitrogens with zero attached hydrogens (tertiary/aromatic N) is 5. The minimum atomic E-state index is -0.679. The first-order chi connectivity index (χ1) is 19.3. The Morgan fingerprint density at radius 2 is 1.95 bits per heavy atom. The van der Waals surface area contributed by atoms with E-state index in [2.05, 4.69) is 52.4 Å². The van der Waals surface area contributed by atoms with E-state index in [9.17, 15) is 9.59 Å². The topological polar surface area (TPSA) is 117 Å². The van der Waals surface area contributed by atoms with E-state index in [-0.39, 0.29) is 6.04 Å². The zero-order chi connectivity index (χ0) is 27.6. The second-order valence-electron chi connectivity index (χ2n) is 12.1. The summed E-state index contributed by atoms with van der Waals surface area (Å²) in [6.45, 7) is 5.07. The quantitative estimate of drug-likeness (QED) is 0.356. The smallest absolute Gasteiger partial charge is 0.313 e. The van der Waals surface area contributed by atoms with E-state index >= 15 is 0 Å². The lowest BCUT2D eigenvalue weighted by Gasteiger charge is -2.58. The second kappa shape index (κ2) is 9.49. The van der Waals surface area contributed by atoms with Crippen molar-refractivity contribution in [1.29, 1.82) is 0 Å². The molecule has 1 aromatic carbocycles. The minimum absolute atomic E-state index is 0.174. The molecule has 3 aromatic heterocycles. The number of hydrogen-bond donors (Lipinski definition) is 2. The van der Waals surface area contributed by atoms with Crippen LogP contribution in [-0.2, 0) is 9.59 Å². The van der Waals surface area contributed by atoms with Gasteiger partial charge in [-0.1, -0.05) is 13.0 Å². The van der Waals surface area contributed by atoms with Crippen LogP contribution in [0.4, 0.5) is 11.5 Å². The first-order valence-corrected chi connectivity index (χ1v) is 14.8. The van der Waals surface area contributed by atoms with Gasteiger partial charge in [-0.25, -0.2) is 9.97 Å². The third-order valence-electron chi connectivity index (χ3n) is 8.97. The summed E-state index contributed by atoms with van der Waals surface area (Å²) in [6, 6.07) is 7.95. The lowest BCUT2D eigenvalue weighted by molar-refractivity contribution is -0.146. The van der Waals surface area contributed by atoms with Crippen molar-refractivity contribution in [2.24, 2.45) is 11.3 Å². The summed E-state index contributed by atoms with van der Waals surface area (Å²) in [5, 5.41) is 5.34. The average molecular weight is 556 g/mol. The molecule has 1 spiro atoms. The number of benzene rings is 1. The summed E-state index contributed by atoms with van der Waals surface area (Å²) in [4.78, 5) is 44.3. The molecule has 3 N–H and O–H groups in total. The highest BCUT2D eigenvalue weighted by molar-refractivity contribution is 7.18. The molecular weight excluding hydrogens is 522 g/mol. The number of aromatic nitrogens is 3. The number of carbonyl (C=O) groups excluding carboxylic acids is 2. The van der Waals surface area contributed by atoms with E-state index < -0.39 is 11.8 Å². The largest absolute Gasteiger partial charge is 0.383 e. The summed E-state index contributed by atoms with van der Waals surface area (Å²) >= 11 is 1.80. The monoisotopic (exact) mass is 555 g/mol. The summed E-state index contributed by atoms with van der Waals surface area (Å²) in [5.41, 5.74) is 8.97. The highest BCUT2D eigenvalue weighted by Gasteiger charge is 2.52. The third kappa shape index (κ3) is 4.30. The Bertz CT molecular complexity index is 1640. The molecular formula is C30H33N7O2S. The van der Waals surface area contributed by atoms with Gasteiger partial charge in [-0.2, -0.15) is 0 Å². The molecule has 206 valence electrons. The Morgan fingerprint density at radius 1 is 1.12 bits per heavy atom. The number of hydrogen-bond acceptors (Lipinski definition) is 8. The average Bonchev–Trinajstić information content (AvgIpc) is 3.33. The normalized spacial score (nSPS) is 22.8. The number of rotatable bonds is 3. The van der Waals surface area contributed by atoms with Crippen molar-refractivity contribution in [3.8, 4) is 0 Å². The molecule has 9 nitrogen and oxygen atoms in total. The van der Waals surface area contributed by atoms with Crippen molar-refractivity contribution in [3.63, 3.8) is 0 Å². The lowest BCUT2D eigenvalue weighted by atomic mass is 9.58. The van der Waals surface area contributed by atoms with Crippen LogP contribution in [0.5, 0.6) is 0 Å². The molecule has 2 amide bonds. The summed E-state index contributed by atoms with van der Waals surface area (Å²) in [6.07, 6.45) is 8.98. The molecule has 1 aliphatic carbocycles. The Kier molecular flexibility index (Phi) is 6.01. The molecule has 4 aromatic rings. The molecule has 3 fully saturated rings. The van der Waals surface area contributed by atoms with E-state index in [1.807, 2.05) is 0 Å². The number of nitrogen functional groups attached to an aromatic ring is 1. The van der Waals surface area contributed by atoms with Gasteiger partial charge in [0.05, 0.1) is 33.2 Å². The van der Waals surface area contributed by atoms with Crippen LogP contribution in [0.3, 0.4) is 0 Å². The van der Waals surface area contributed by atoms with E-state index in [4.69, 9.17) is 10.7 Å². The summed E-state index contributed by atoms with van der Waals surface area (Å²) in [7, 11) is 2.19. The third-order valence-corrected chi connectivity index (χ3v) is 10.2. The fourth-order valence-corrected chi connectivity index (χ4v) is 8.15. The SMILES string of the molecule is C[C@H]1CC[C@H](c2ccc3sc(C4CC5(C4)CN(C)C5)nc3c2)N(C(=O)C(=O)Nc2cncc3c(N)nccc23)C1. The van der Waals surface area contributed by atoms with Crippen molar-refractivity contribution in [3.05, 3.63) is 53.4 Å². The Morgan fingerprint density at radius 3 is 2.75 bits per heavy atom. The molecule has 1 saturated carbocycles. The number of thiazole rings is 1. The molecule has 0 bridgehead atoms. The predicted molar refractivity (Wildman–Crippen MR) is 157 cm³/mol. The number of nitrogens with two attached hydrogens (primary N) is 1. The van der Waals surface area contributed by atoms with Gasteiger partial charge in [0.25, 0.3) is 0 Å². The maximum atomic E-state index is 13.6. The van der Waals surface area contributed by atoms with E-state index in [1.54, 1.807) is 34.7 Å². The van der Waals surface area contributed by atoms with Crippen LogP contribution in [0, 0.1) is 11.3 Å². The molecule has 7 rings (SSSR count).